The minimum atomic E-state index is 0.635. The van der Waals surface area contributed by atoms with Gasteiger partial charge in [-0.15, -0.1) is 11.8 Å². The number of benzene rings is 1. The molecule has 1 aromatic carbocycles. The van der Waals surface area contributed by atoms with Gasteiger partial charge in [-0.3, -0.25) is 0 Å². The second-order valence-corrected chi connectivity index (χ2v) is 6.52. The molecule has 4 nitrogen and oxygen atoms in total. The summed E-state index contributed by atoms with van der Waals surface area (Å²) >= 11 is 3.09. The Morgan fingerprint density at radius 2 is 2.10 bits per heavy atom. The zero-order valence-corrected chi connectivity index (χ0v) is 14.1. The van der Waals surface area contributed by atoms with Crippen LogP contribution in [0.2, 0.25) is 0 Å². The van der Waals surface area contributed by atoms with Crippen molar-refractivity contribution in [1.29, 1.82) is 0 Å². The Labute approximate surface area is 134 Å². The molecule has 21 heavy (non-hydrogen) atoms. The van der Waals surface area contributed by atoms with Crippen LogP contribution in [0.1, 0.15) is 12.0 Å². The summed E-state index contributed by atoms with van der Waals surface area (Å²) in [5.74, 6) is 0.635. The van der Waals surface area contributed by atoms with Crippen molar-refractivity contribution in [3.05, 3.63) is 35.9 Å². The van der Waals surface area contributed by atoms with Crippen molar-refractivity contribution in [2.75, 3.05) is 37.4 Å². The Hall–Kier alpha value is -1.24. The van der Waals surface area contributed by atoms with E-state index in [4.69, 9.17) is 5.73 Å². The van der Waals surface area contributed by atoms with Gasteiger partial charge in [-0.2, -0.15) is 4.37 Å². The zero-order chi connectivity index (χ0) is 15.1. The first-order valence-electron chi connectivity index (χ1n) is 6.96. The van der Waals surface area contributed by atoms with Gasteiger partial charge in [-0.25, -0.2) is 0 Å². The van der Waals surface area contributed by atoms with Crippen molar-refractivity contribution in [1.82, 2.24) is 9.27 Å². The molecule has 114 valence electrons. The van der Waals surface area contributed by atoms with Gasteiger partial charge in [0.05, 0.1) is 4.90 Å². The van der Waals surface area contributed by atoms with E-state index in [0.717, 1.165) is 36.0 Å². The van der Waals surface area contributed by atoms with Gasteiger partial charge in [0.15, 0.2) is 5.82 Å². The molecule has 0 radical (unpaired) electrons. The monoisotopic (exact) mass is 322 g/mol. The number of anilines is 2. The first-order chi connectivity index (χ1) is 10.2. The lowest BCUT2D eigenvalue weighted by Gasteiger charge is -2.16. The molecule has 0 unspecified atom stereocenters. The minimum absolute atomic E-state index is 0.635. The SMILES string of the molecule is CSc1c(N)nsc1NCCCN(C)Cc1ccccc1. The van der Waals surface area contributed by atoms with Crippen molar-refractivity contribution in [2.45, 2.75) is 17.9 Å². The van der Waals surface area contributed by atoms with Crippen LogP contribution >= 0.6 is 23.3 Å². The van der Waals surface area contributed by atoms with Crippen LogP contribution in [0.5, 0.6) is 0 Å². The van der Waals surface area contributed by atoms with Crippen molar-refractivity contribution in [2.24, 2.45) is 0 Å². The molecule has 0 bridgehead atoms. The molecule has 0 fully saturated rings. The lowest BCUT2D eigenvalue weighted by Crippen LogP contribution is -2.21. The maximum Gasteiger partial charge on any atom is 0.153 e. The molecule has 0 spiro atoms. The normalized spacial score (nSPS) is 11.0. The quantitative estimate of drug-likeness (QED) is 0.576. The smallest absolute Gasteiger partial charge is 0.153 e. The molecule has 0 saturated carbocycles. The number of nitrogen functional groups attached to an aromatic ring is 1. The van der Waals surface area contributed by atoms with E-state index in [1.54, 1.807) is 11.8 Å². The van der Waals surface area contributed by atoms with Gasteiger partial charge in [0.1, 0.15) is 5.00 Å². The van der Waals surface area contributed by atoms with Crippen LogP contribution in [-0.4, -0.2) is 35.7 Å². The highest BCUT2D eigenvalue weighted by Crippen LogP contribution is 2.34. The Balaban J connectivity index is 1.69. The molecule has 0 atom stereocenters. The Kier molecular flexibility index (Phi) is 6.35. The first-order valence-corrected chi connectivity index (χ1v) is 8.96. The third-order valence-corrected chi connectivity index (χ3v) is 4.95. The molecule has 0 aliphatic carbocycles. The molecule has 0 aliphatic rings. The van der Waals surface area contributed by atoms with Gasteiger partial charge < -0.3 is 16.0 Å². The number of hydrogen-bond acceptors (Lipinski definition) is 6. The number of hydrogen-bond donors (Lipinski definition) is 2. The third-order valence-electron chi connectivity index (χ3n) is 3.18. The fraction of sp³-hybridized carbons (Fsp3) is 0.400. The van der Waals surface area contributed by atoms with Gasteiger partial charge >= 0.3 is 0 Å². The van der Waals surface area contributed by atoms with E-state index in [1.165, 1.54) is 17.1 Å². The summed E-state index contributed by atoms with van der Waals surface area (Å²) in [5, 5.41) is 4.52. The average Bonchev–Trinajstić information content (AvgIpc) is 2.85. The minimum Gasteiger partial charge on any atom is -0.382 e. The van der Waals surface area contributed by atoms with Crippen LogP contribution in [0.3, 0.4) is 0 Å². The average molecular weight is 323 g/mol. The number of nitrogens with zero attached hydrogens (tertiary/aromatic N) is 2. The van der Waals surface area contributed by atoms with Gasteiger partial charge in [0, 0.05) is 13.1 Å². The summed E-state index contributed by atoms with van der Waals surface area (Å²) < 4.78 is 4.18. The lowest BCUT2D eigenvalue weighted by atomic mass is 10.2. The largest absolute Gasteiger partial charge is 0.382 e. The molecule has 1 aromatic heterocycles. The second-order valence-electron chi connectivity index (χ2n) is 4.93. The van der Waals surface area contributed by atoms with E-state index in [1.807, 2.05) is 6.26 Å². The van der Waals surface area contributed by atoms with E-state index in [2.05, 4.69) is 52.0 Å². The highest BCUT2D eigenvalue weighted by atomic mass is 32.2. The standard InChI is InChI=1S/C15H22N4S2/c1-19(11-12-7-4-3-5-8-12)10-6-9-17-15-13(20-2)14(16)18-21-15/h3-5,7-8,17H,6,9-11H2,1-2H3,(H2,16,18). The molecular formula is C15H22N4S2. The molecule has 2 aromatic rings. The lowest BCUT2D eigenvalue weighted by molar-refractivity contribution is 0.325. The van der Waals surface area contributed by atoms with Crippen LogP contribution in [0.25, 0.3) is 0 Å². The van der Waals surface area contributed by atoms with E-state index in [9.17, 15) is 0 Å². The van der Waals surface area contributed by atoms with E-state index in [-0.39, 0.29) is 0 Å². The third kappa shape index (κ3) is 4.91. The van der Waals surface area contributed by atoms with Gasteiger partial charge in [-0.05, 0) is 43.4 Å². The van der Waals surface area contributed by atoms with Crippen molar-refractivity contribution >= 4 is 34.1 Å². The summed E-state index contributed by atoms with van der Waals surface area (Å²) in [6.45, 7) is 2.99. The van der Waals surface area contributed by atoms with Crippen LogP contribution in [-0.2, 0) is 6.54 Å². The number of rotatable bonds is 8. The summed E-state index contributed by atoms with van der Waals surface area (Å²) in [5.41, 5.74) is 7.18. The highest BCUT2D eigenvalue weighted by molar-refractivity contribution is 7.99. The molecule has 2 rings (SSSR count). The number of aromatic nitrogens is 1. The molecule has 6 heteroatoms. The summed E-state index contributed by atoms with van der Waals surface area (Å²) in [4.78, 5) is 3.41. The van der Waals surface area contributed by atoms with Crippen molar-refractivity contribution in [3.8, 4) is 0 Å². The molecule has 0 saturated heterocycles. The van der Waals surface area contributed by atoms with Crippen molar-refractivity contribution < 1.29 is 0 Å². The zero-order valence-electron chi connectivity index (χ0n) is 12.5. The fourth-order valence-corrected chi connectivity index (χ4v) is 3.70. The molecule has 0 amide bonds. The van der Waals surface area contributed by atoms with Crippen LogP contribution in [0.4, 0.5) is 10.8 Å². The Morgan fingerprint density at radius 3 is 2.81 bits per heavy atom. The van der Waals surface area contributed by atoms with Crippen LogP contribution in [0.15, 0.2) is 35.2 Å². The molecule has 3 N–H and O–H groups in total. The first kappa shape index (κ1) is 16.1. The summed E-state index contributed by atoms with van der Waals surface area (Å²) in [6.07, 6.45) is 3.12. The van der Waals surface area contributed by atoms with E-state index >= 15 is 0 Å². The molecule has 1 heterocycles. The van der Waals surface area contributed by atoms with Gasteiger partial charge in [0.2, 0.25) is 0 Å². The number of nitrogens with two attached hydrogens (primary N) is 1. The van der Waals surface area contributed by atoms with Gasteiger partial charge in [0.25, 0.3) is 0 Å². The molecular weight excluding hydrogens is 300 g/mol. The summed E-state index contributed by atoms with van der Waals surface area (Å²) in [7, 11) is 2.16. The Bertz CT molecular complexity index is 542. The van der Waals surface area contributed by atoms with E-state index < -0.39 is 0 Å². The molecule has 0 aliphatic heterocycles. The predicted molar refractivity (Wildman–Crippen MR) is 94.2 cm³/mol. The van der Waals surface area contributed by atoms with Crippen LogP contribution < -0.4 is 11.1 Å². The summed E-state index contributed by atoms with van der Waals surface area (Å²) in [6, 6.07) is 10.6. The predicted octanol–water partition coefficient (Wildman–Crippen LogP) is 3.38. The second kappa shape index (κ2) is 8.26. The maximum atomic E-state index is 5.82. The Morgan fingerprint density at radius 1 is 1.33 bits per heavy atom. The highest BCUT2D eigenvalue weighted by Gasteiger charge is 2.09. The topological polar surface area (TPSA) is 54.2 Å². The van der Waals surface area contributed by atoms with Crippen LogP contribution in [0, 0.1) is 0 Å². The fourth-order valence-electron chi connectivity index (χ4n) is 2.13. The maximum absolute atomic E-state index is 5.82. The number of nitrogens with one attached hydrogen (secondary N) is 1. The van der Waals surface area contributed by atoms with Gasteiger partial charge in [-0.1, -0.05) is 30.3 Å². The number of thioether (sulfide) groups is 1. The van der Waals surface area contributed by atoms with E-state index in [0.29, 0.717) is 5.82 Å². The van der Waals surface area contributed by atoms with Crippen molar-refractivity contribution in [3.63, 3.8) is 0 Å².